The molecule has 4 nitrogen and oxygen atoms in total. The zero-order valence-corrected chi connectivity index (χ0v) is 21.9. The summed E-state index contributed by atoms with van der Waals surface area (Å²) < 4.78 is 13.1. The normalized spacial score (nSPS) is 10.9. The molecular weight excluding hydrogens is 491 g/mol. The van der Waals surface area contributed by atoms with E-state index in [1.807, 2.05) is 24.3 Å². The van der Waals surface area contributed by atoms with Gasteiger partial charge in [0.15, 0.2) is 11.5 Å². The largest absolute Gasteiger partial charge is 0.493 e. The third kappa shape index (κ3) is 5.64. The maximum absolute atomic E-state index is 6.46. The summed E-state index contributed by atoms with van der Waals surface area (Å²) in [4.78, 5) is 0. The Morgan fingerprint density at radius 2 is 1.68 bits per heavy atom. The molecule has 0 radical (unpaired) electrons. The monoisotopic (exact) mass is 518 g/mol. The molecule has 0 saturated heterocycles. The number of hydrogen-bond acceptors (Lipinski definition) is 3. The van der Waals surface area contributed by atoms with Crippen LogP contribution in [0.2, 0.25) is 10.0 Å². The van der Waals surface area contributed by atoms with Crippen molar-refractivity contribution in [2.75, 3.05) is 20.8 Å². The van der Waals surface area contributed by atoms with Crippen LogP contribution in [0.15, 0.2) is 60.7 Å². The summed E-state index contributed by atoms with van der Waals surface area (Å²) in [5, 5.41) is 6.22. The Morgan fingerprint density at radius 1 is 0.912 bits per heavy atom. The molecule has 1 aromatic heterocycles. The number of benzene rings is 3. The number of rotatable bonds is 9. The van der Waals surface area contributed by atoms with Crippen molar-refractivity contribution in [1.29, 1.82) is 0 Å². The first-order chi connectivity index (χ1) is 16.0. The zero-order valence-electron chi connectivity index (χ0n) is 19.5. The molecule has 1 heterocycles. The van der Waals surface area contributed by atoms with Gasteiger partial charge in [-0.2, -0.15) is 0 Å². The molecule has 0 amide bonds. The average Bonchev–Trinajstić information content (AvgIpc) is 3.09. The van der Waals surface area contributed by atoms with Gasteiger partial charge in [0.25, 0.3) is 0 Å². The maximum Gasteiger partial charge on any atom is 0.160 e. The Hall–Kier alpha value is -2.37. The summed E-state index contributed by atoms with van der Waals surface area (Å²) >= 11 is 12.5. The second-order valence-electron chi connectivity index (χ2n) is 8.02. The van der Waals surface area contributed by atoms with Crippen molar-refractivity contribution in [3.63, 3.8) is 0 Å². The van der Waals surface area contributed by atoms with Gasteiger partial charge in [0.2, 0.25) is 0 Å². The first-order valence-electron chi connectivity index (χ1n) is 10.9. The van der Waals surface area contributed by atoms with Gasteiger partial charge in [-0.25, -0.2) is 0 Å². The topological polar surface area (TPSA) is 35.4 Å². The lowest BCUT2D eigenvalue weighted by molar-refractivity contribution is 0.354. The van der Waals surface area contributed by atoms with Gasteiger partial charge < -0.3 is 19.4 Å². The van der Waals surface area contributed by atoms with Crippen LogP contribution in [0.4, 0.5) is 0 Å². The third-order valence-electron chi connectivity index (χ3n) is 6.05. The van der Waals surface area contributed by atoms with E-state index in [0.29, 0.717) is 16.6 Å². The maximum atomic E-state index is 6.46. The molecule has 0 aliphatic rings. The van der Waals surface area contributed by atoms with E-state index in [4.69, 9.17) is 32.7 Å². The van der Waals surface area contributed by atoms with Gasteiger partial charge in [-0.15, -0.1) is 12.4 Å². The Morgan fingerprint density at radius 3 is 2.41 bits per heavy atom. The number of halogens is 3. The summed E-state index contributed by atoms with van der Waals surface area (Å²) in [5.41, 5.74) is 6.01. The van der Waals surface area contributed by atoms with Crippen LogP contribution < -0.4 is 14.8 Å². The molecule has 4 rings (SSSR count). The lowest BCUT2D eigenvalue weighted by atomic mass is 10.1. The fraction of sp³-hybridized carbons (Fsp3) is 0.259. The Labute approximate surface area is 217 Å². The third-order valence-corrected chi connectivity index (χ3v) is 6.63. The smallest absolute Gasteiger partial charge is 0.160 e. The first-order valence-corrected chi connectivity index (χ1v) is 11.7. The predicted octanol–water partition coefficient (Wildman–Crippen LogP) is 7.08. The molecule has 0 aliphatic heterocycles. The van der Waals surface area contributed by atoms with Gasteiger partial charge >= 0.3 is 0 Å². The molecule has 1 N–H and O–H groups in total. The minimum absolute atomic E-state index is 0. The van der Waals surface area contributed by atoms with Crippen LogP contribution in [0.1, 0.15) is 22.4 Å². The Kier molecular flexibility index (Phi) is 9.15. The highest BCUT2D eigenvalue weighted by atomic mass is 35.5. The standard InChI is InChI=1S/C27H28Cl2N2O2.ClH/c1-18-23(16-30-13-12-19-8-11-26(32-2)27(14-19)33-3)22-6-4-5-7-25(22)31(18)17-20-9-10-21(28)15-24(20)29;/h4-11,14-15,30H,12-13,16-17H2,1-3H3;1H. The van der Waals surface area contributed by atoms with Crippen molar-refractivity contribution in [2.24, 2.45) is 0 Å². The van der Waals surface area contributed by atoms with E-state index in [1.54, 1.807) is 20.3 Å². The molecule has 0 bridgehead atoms. The first kappa shape index (κ1) is 26.2. The number of methoxy groups -OCH3 is 2. The van der Waals surface area contributed by atoms with Crippen LogP contribution >= 0.6 is 35.6 Å². The van der Waals surface area contributed by atoms with Crippen molar-refractivity contribution in [1.82, 2.24) is 9.88 Å². The van der Waals surface area contributed by atoms with Gasteiger partial charge in [-0.3, -0.25) is 0 Å². The molecule has 7 heteroatoms. The molecule has 0 atom stereocenters. The van der Waals surface area contributed by atoms with Gasteiger partial charge in [0.05, 0.1) is 14.2 Å². The van der Waals surface area contributed by atoms with Crippen LogP contribution in [0.3, 0.4) is 0 Å². The Bertz CT molecular complexity index is 1270. The highest BCUT2D eigenvalue weighted by molar-refractivity contribution is 6.35. The van der Waals surface area contributed by atoms with Crippen LogP contribution in [0.25, 0.3) is 10.9 Å². The lowest BCUT2D eigenvalue weighted by Gasteiger charge is -2.12. The van der Waals surface area contributed by atoms with Gasteiger partial charge in [-0.05, 0) is 66.9 Å². The fourth-order valence-corrected chi connectivity index (χ4v) is 4.70. The number of aromatic nitrogens is 1. The van der Waals surface area contributed by atoms with E-state index in [-0.39, 0.29) is 12.4 Å². The van der Waals surface area contributed by atoms with Gasteiger partial charge in [-0.1, -0.05) is 53.5 Å². The summed E-state index contributed by atoms with van der Waals surface area (Å²) in [6.45, 7) is 4.53. The molecule has 0 spiro atoms. The van der Waals surface area contributed by atoms with Gasteiger partial charge in [0, 0.05) is 39.7 Å². The lowest BCUT2D eigenvalue weighted by Crippen LogP contribution is -2.17. The van der Waals surface area contributed by atoms with Crippen LogP contribution in [0, 0.1) is 6.92 Å². The van der Waals surface area contributed by atoms with Crippen molar-refractivity contribution in [2.45, 2.75) is 26.4 Å². The number of para-hydroxylation sites is 1. The molecule has 0 fully saturated rings. The van der Waals surface area contributed by atoms with Crippen molar-refractivity contribution >= 4 is 46.5 Å². The highest BCUT2D eigenvalue weighted by Crippen LogP contribution is 2.30. The fourth-order valence-electron chi connectivity index (χ4n) is 4.23. The molecular formula is C27H29Cl3N2O2. The molecule has 0 unspecified atom stereocenters. The summed E-state index contributed by atoms with van der Waals surface area (Å²) in [6.07, 6.45) is 0.901. The SMILES string of the molecule is COc1ccc(CCNCc2c(C)n(Cc3ccc(Cl)cc3Cl)c3ccccc23)cc1OC.Cl. The highest BCUT2D eigenvalue weighted by Gasteiger charge is 2.15. The minimum atomic E-state index is 0. The summed E-state index contributed by atoms with van der Waals surface area (Å²) in [5.74, 6) is 1.51. The van der Waals surface area contributed by atoms with Crippen molar-refractivity contribution < 1.29 is 9.47 Å². The summed E-state index contributed by atoms with van der Waals surface area (Å²) in [6, 6.07) is 20.3. The van der Waals surface area contributed by atoms with E-state index in [1.165, 1.54) is 27.7 Å². The molecule has 0 saturated carbocycles. The molecule has 3 aromatic carbocycles. The van der Waals surface area contributed by atoms with Crippen molar-refractivity contribution in [3.8, 4) is 11.5 Å². The second kappa shape index (κ2) is 11.9. The van der Waals surface area contributed by atoms with Crippen LogP contribution in [-0.4, -0.2) is 25.3 Å². The van der Waals surface area contributed by atoms with Crippen LogP contribution in [-0.2, 0) is 19.5 Å². The minimum Gasteiger partial charge on any atom is -0.493 e. The number of nitrogens with zero attached hydrogens (tertiary/aromatic N) is 1. The Balaban J connectivity index is 0.00000324. The van der Waals surface area contributed by atoms with E-state index in [2.05, 4.69) is 47.1 Å². The number of fused-ring (bicyclic) bond motifs is 1. The van der Waals surface area contributed by atoms with Gasteiger partial charge in [0.1, 0.15) is 0 Å². The number of ether oxygens (including phenoxy) is 2. The van der Waals surface area contributed by atoms with Crippen LogP contribution in [0.5, 0.6) is 11.5 Å². The predicted molar refractivity (Wildman–Crippen MR) is 144 cm³/mol. The van der Waals surface area contributed by atoms with E-state index in [9.17, 15) is 0 Å². The zero-order chi connectivity index (χ0) is 23.4. The number of nitrogens with one attached hydrogen (secondary N) is 1. The number of hydrogen-bond donors (Lipinski definition) is 1. The molecule has 34 heavy (non-hydrogen) atoms. The molecule has 180 valence electrons. The van der Waals surface area contributed by atoms with E-state index >= 15 is 0 Å². The second-order valence-corrected chi connectivity index (χ2v) is 8.86. The molecule has 4 aromatic rings. The molecule has 0 aliphatic carbocycles. The summed E-state index contributed by atoms with van der Waals surface area (Å²) in [7, 11) is 3.31. The van der Waals surface area contributed by atoms with E-state index < -0.39 is 0 Å². The average molecular weight is 520 g/mol. The van der Waals surface area contributed by atoms with E-state index in [0.717, 1.165) is 36.6 Å². The quantitative estimate of drug-likeness (QED) is 0.240. The van der Waals surface area contributed by atoms with Crippen molar-refractivity contribution in [3.05, 3.63) is 93.1 Å².